The van der Waals surface area contributed by atoms with E-state index >= 15 is 0 Å². The Hall–Kier alpha value is -3.86. The van der Waals surface area contributed by atoms with Gasteiger partial charge in [0.1, 0.15) is 5.75 Å². The van der Waals surface area contributed by atoms with E-state index in [9.17, 15) is 39.0 Å². The fraction of sp³-hybridized carbons (Fsp3) is 0.481. The zero-order valence-corrected chi connectivity index (χ0v) is 21.6. The Morgan fingerprint density at radius 2 is 1.82 bits per heavy atom. The summed E-state index contributed by atoms with van der Waals surface area (Å²) >= 11 is 0. The number of ketones is 4. The summed E-state index contributed by atoms with van der Waals surface area (Å²) < 4.78 is 0. The monoisotopic (exact) mass is 525 g/mol. The van der Waals surface area contributed by atoms with E-state index in [0.29, 0.717) is 11.3 Å². The lowest BCUT2D eigenvalue weighted by atomic mass is 9.53. The molecule has 0 aromatic heterocycles. The highest BCUT2D eigenvalue weighted by atomic mass is 16.3. The van der Waals surface area contributed by atoms with Crippen molar-refractivity contribution < 1.29 is 39.0 Å². The molecule has 5 atom stereocenters. The summed E-state index contributed by atoms with van der Waals surface area (Å²) in [5.74, 6) is -11.1. The van der Waals surface area contributed by atoms with Crippen molar-refractivity contribution in [2.75, 3.05) is 19.0 Å². The highest BCUT2D eigenvalue weighted by Crippen LogP contribution is 2.51. The number of phenolic OH excluding ortho intramolecular Hbond substituents is 1. The normalized spacial score (nSPS) is 28.7. The van der Waals surface area contributed by atoms with Gasteiger partial charge in [0.25, 0.3) is 0 Å². The standard InChI is InChI=1S/C27H31N3O8/c1-11(2)29-18(32)6-5-12-9-16(30(3)4)15-8-13-7-14-10-17(31)21(26(28)37)25(36)27(14,38)24(35)19(13)23(34)20(15)22(12)33/h5-6,9,11,13-14,19,21,33,38H,7-8,10H2,1-4H3,(H2,28,37)(H,29,32)/t13-,14+,19?,21?,27+/m1/s1. The predicted octanol–water partition coefficient (Wildman–Crippen LogP) is -0.0693. The molecule has 0 aliphatic heterocycles. The van der Waals surface area contributed by atoms with Crippen LogP contribution in [0.15, 0.2) is 12.1 Å². The summed E-state index contributed by atoms with van der Waals surface area (Å²) in [4.78, 5) is 78.6. The maximum atomic E-state index is 13.8. The first-order valence-electron chi connectivity index (χ1n) is 12.4. The van der Waals surface area contributed by atoms with E-state index in [-0.39, 0.29) is 36.4 Å². The summed E-state index contributed by atoms with van der Waals surface area (Å²) in [5.41, 5.74) is 3.64. The molecular weight excluding hydrogens is 494 g/mol. The van der Waals surface area contributed by atoms with Crippen LogP contribution in [0, 0.1) is 23.7 Å². The predicted molar refractivity (Wildman–Crippen MR) is 135 cm³/mol. The molecule has 1 aromatic rings. The van der Waals surface area contributed by atoms with Crippen LogP contribution in [0.25, 0.3) is 6.08 Å². The van der Waals surface area contributed by atoms with Gasteiger partial charge < -0.3 is 26.2 Å². The number of hydrogen-bond donors (Lipinski definition) is 4. The Morgan fingerprint density at radius 3 is 2.39 bits per heavy atom. The Kier molecular flexibility index (Phi) is 6.77. The van der Waals surface area contributed by atoms with Crippen LogP contribution in [0.2, 0.25) is 0 Å². The number of nitrogens with two attached hydrogens (primary N) is 1. The topological polar surface area (TPSA) is 184 Å². The molecule has 11 nitrogen and oxygen atoms in total. The summed E-state index contributed by atoms with van der Waals surface area (Å²) in [7, 11) is 3.49. The number of fused-ring (bicyclic) bond motifs is 3. The second-order valence-electron chi connectivity index (χ2n) is 10.8. The number of aromatic hydroxyl groups is 1. The minimum atomic E-state index is -2.70. The van der Waals surface area contributed by atoms with Crippen molar-refractivity contribution in [3.8, 4) is 5.75 Å². The minimum absolute atomic E-state index is 0.0196. The van der Waals surface area contributed by atoms with Crippen LogP contribution < -0.4 is 16.0 Å². The van der Waals surface area contributed by atoms with Crippen LogP contribution in [0.4, 0.5) is 5.69 Å². The van der Waals surface area contributed by atoms with E-state index in [1.807, 2.05) is 0 Å². The number of carbonyl (C=O) groups is 6. The first-order valence-corrected chi connectivity index (χ1v) is 12.4. The number of nitrogens with one attached hydrogen (secondary N) is 1. The number of amides is 2. The number of hydrogen-bond acceptors (Lipinski definition) is 9. The molecule has 0 heterocycles. The smallest absolute Gasteiger partial charge is 0.244 e. The van der Waals surface area contributed by atoms with Crippen molar-refractivity contribution >= 4 is 46.7 Å². The SMILES string of the molecule is CC(C)NC(=O)C=Cc1cc(N(C)C)c2c(c1O)C(=O)C1C(=O)[C@]3(O)C(=O)C(C(N)=O)C(=O)C[C@@H]3C[C@@H]1C2. The van der Waals surface area contributed by atoms with E-state index in [0.717, 1.165) is 0 Å². The first-order chi connectivity index (χ1) is 17.7. The summed E-state index contributed by atoms with van der Waals surface area (Å²) in [5, 5.41) is 25.1. The fourth-order valence-corrected chi connectivity index (χ4v) is 6.06. The molecule has 0 saturated heterocycles. The molecule has 202 valence electrons. The zero-order chi connectivity index (χ0) is 28.3. The molecule has 2 fully saturated rings. The Balaban J connectivity index is 1.80. The van der Waals surface area contributed by atoms with Crippen LogP contribution >= 0.6 is 0 Å². The lowest BCUT2D eigenvalue weighted by molar-refractivity contribution is -0.175. The Morgan fingerprint density at radius 1 is 1.16 bits per heavy atom. The van der Waals surface area contributed by atoms with Crippen molar-refractivity contribution in [3.05, 3.63) is 28.8 Å². The van der Waals surface area contributed by atoms with Gasteiger partial charge in [-0.05, 0) is 50.3 Å². The van der Waals surface area contributed by atoms with Gasteiger partial charge in [-0.1, -0.05) is 0 Å². The van der Waals surface area contributed by atoms with Crippen molar-refractivity contribution in [2.24, 2.45) is 29.4 Å². The molecular formula is C27H31N3O8. The third-order valence-corrected chi connectivity index (χ3v) is 7.74. The highest BCUT2D eigenvalue weighted by Gasteiger charge is 2.66. The third-order valence-electron chi connectivity index (χ3n) is 7.74. The van der Waals surface area contributed by atoms with E-state index in [4.69, 9.17) is 5.73 Å². The fourth-order valence-electron chi connectivity index (χ4n) is 6.06. The number of primary amides is 1. The van der Waals surface area contributed by atoms with Gasteiger partial charge >= 0.3 is 0 Å². The van der Waals surface area contributed by atoms with Crippen LogP contribution in [-0.4, -0.2) is 70.9 Å². The first kappa shape index (κ1) is 27.2. The zero-order valence-electron chi connectivity index (χ0n) is 21.6. The molecule has 3 aliphatic rings. The number of anilines is 1. The molecule has 38 heavy (non-hydrogen) atoms. The van der Waals surface area contributed by atoms with Crippen LogP contribution in [-0.2, 0) is 30.4 Å². The molecule has 4 rings (SSSR count). The van der Waals surface area contributed by atoms with E-state index < -0.39 is 70.0 Å². The average Bonchev–Trinajstić information content (AvgIpc) is 2.80. The molecule has 0 radical (unpaired) electrons. The van der Waals surface area contributed by atoms with Gasteiger partial charge in [-0.2, -0.15) is 0 Å². The van der Waals surface area contributed by atoms with Crippen LogP contribution in [0.3, 0.4) is 0 Å². The number of nitrogens with zero attached hydrogens (tertiary/aromatic N) is 1. The molecule has 0 bridgehead atoms. The van der Waals surface area contributed by atoms with Crippen molar-refractivity contribution in [1.29, 1.82) is 0 Å². The van der Waals surface area contributed by atoms with Crippen molar-refractivity contribution in [2.45, 2.75) is 44.8 Å². The Labute approximate surface area is 219 Å². The molecule has 0 spiro atoms. The number of rotatable bonds is 5. The number of carbonyl (C=O) groups excluding carboxylic acids is 6. The van der Waals surface area contributed by atoms with E-state index in [1.165, 1.54) is 12.2 Å². The minimum Gasteiger partial charge on any atom is -0.507 e. The van der Waals surface area contributed by atoms with E-state index in [2.05, 4.69) is 5.32 Å². The lowest BCUT2D eigenvalue weighted by Gasteiger charge is -2.48. The second kappa shape index (κ2) is 9.46. The van der Waals surface area contributed by atoms with Gasteiger partial charge in [0.15, 0.2) is 34.7 Å². The maximum absolute atomic E-state index is 13.8. The third kappa shape index (κ3) is 4.10. The van der Waals surface area contributed by atoms with Gasteiger partial charge in [-0.15, -0.1) is 0 Å². The number of Topliss-reactive ketones (excluding diaryl/α,β-unsaturated/α-hetero) is 4. The second-order valence-corrected chi connectivity index (χ2v) is 10.8. The van der Waals surface area contributed by atoms with Crippen LogP contribution in [0.5, 0.6) is 5.75 Å². The number of aliphatic hydroxyl groups is 1. The Bertz CT molecular complexity index is 1310. The molecule has 2 unspecified atom stereocenters. The summed E-state index contributed by atoms with van der Waals surface area (Å²) in [6.45, 7) is 3.58. The van der Waals surface area contributed by atoms with Crippen LogP contribution in [0.1, 0.15) is 48.2 Å². The quantitative estimate of drug-likeness (QED) is 0.302. The lowest BCUT2D eigenvalue weighted by Crippen LogP contribution is -2.68. The summed E-state index contributed by atoms with van der Waals surface area (Å²) in [6.07, 6.45) is 2.38. The number of phenols is 1. The van der Waals surface area contributed by atoms with Crippen molar-refractivity contribution in [3.63, 3.8) is 0 Å². The van der Waals surface area contributed by atoms with E-state index in [1.54, 1.807) is 38.9 Å². The molecule has 11 heteroatoms. The maximum Gasteiger partial charge on any atom is 0.244 e. The van der Waals surface area contributed by atoms with Gasteiger partial charge in [-0.25, -0.2) is 0 Å². The number of benzene rings is 1. The van der Waals surface area contributed by atoms with Gasteiger partial charge in [0, 0.05) is 49.8 Å². The van der Waals surface area contributed by atoms with Gasteiger partial charge in [0.2, 0.25) is 11.8 Å². The molecule has 1 aromatic carbocycles. The molecule has 2 saturated carbocycles. The highest BCUT2D eigenvalue weighted by molar-refractivity contribution is 6.31. The van der Waals surface area contributed by atoms with Gasteiger partial charge in [-0.3, -0.25) is 28.8 Å². The molecule has 5 N–H and O–H groups in total. The molecule has 3 aliphatic carbocycles. The molecule has 2 amide bonds. The van der Waals surface area contributed by atoms with Gasteiger partial charge in [0.05, 0.1) is 11.5 Å². The average molecular weight is 526 g/mol. The summed E-state index contributed by atoms with van der Waals surface area (Å²) in [6, 6.07) is 1.52. The van der Waals surface area contributed by atoms with Crippen molar-refractivity contribution in [1.82, 2.24) is 5.32 Å². The largest absolute Gasteiger partial charge is 0.507 e.